The molecular formula is C11H11N3O5S. The highest BCUT2D eigenvalue weighted by Crippen LogP contribution is 2.15. The van der Waals surface area contributed by atoms with Crippen molar-refractivity contribution in [3.05, 3.63) is 35.5 Å². The van der Waals surface area contributed by atoms with Crippen LogP contribution in [-0.4, -0.2) is 41.2 Å². The summed E-state index contributed by atoms with van der Waals surface area (Å²) in [5, 5.41) is 17.9. The number of nitrogens with one attached hydrogen (secondary N) is 1. The van der Waals surface area contributed by atoms with Crippen molar-refractivity contribution in [3.63, 3.8) is 0 Å². The minimum atomic E-state index is -3.24. The summed E-state index contributed by atoms with van der Waals surface area (Å²) in [5.74, 6) is -1.35. The average molecular weight is 297 g/mol. The predicted molar refractivity (Wildman–Crippen MR) is 67.2 cm³/mol. The number of nitrogens with zero attached hydrogens (tertiary/aromatic N) is 2. The summed E-state index contributed by atoms with van der Waals surface area (Å²) >= 11 is 0. The van der Waals surface area contributed by atoms with Crippen LogP contribution in [0, 0.1) is 0 Å². The number of hydrogen-bond acceptors (Lipinski definition) is 6. The van der Waals surface area contributed by atoms with Gasteiger partial charge in [-0.25, -0.2) is 18.3 Å². The van der Waals surface area contributed by atoms with Gasteiger partial charge in [0.1, 0.15) is 6.61 Å². The summed E-state index contributed by atoms with van der Waals surface area (Å²) in [7, 11) is -3.24. The molecule has 1 aromatic heterocycles. The number of benzene rings is 1. The van der Waals surface area contributed by atoms with Gasteiger partial charge in [-0.15, -0.1) is 0 Å². The monoisotopic (exact) mass is 297 g/mol. The van der Waals surface area contributed by atoms with Gasteiger partial charge in [-0.1, -0.05) is 22.4 Å². The van der Waals surface area contributed by atoms with Crippen LogP contribution < -0.4 is 4.74 Å². The largest absolute Gasteiger partial charge is 0.476 e. The molecule has 0 bridgehead atoms. The molecule has 0 fully saturated rings. The van der Waals surface area contributed by atoms with Gasteiger partial charge in [0.15, 0.2) is 9.84 Å². The second-order valence-corrected chi connectivity index (χ2v) is 6.02. The molecule has 2 aromatic rings. The first kappa shape index (κ1) is 14.0. The SMILES string of the molecule is CS(=O)(=O)c1ccc(COc2nn[nH]c2C(=O)O)cc1. The Bertz CT molecular complexity index is 721. The molecule has 0 radical (unpaired) electrons. The lowest BCUT2D eigenvalue weighted by atomic mass is 10.2. The molecule has 8 nitrogen and oxygen atoms in total. The van der Waals surface area contributed by atoms with Crippen molar-refractivity contribution in [3.8, 4) is 5.88 Å². The van der Waals surface area contributed by atoms with Gasteiger partial charge in [0, 0.05) is 6.26 Å². The van der Waals surface area contributed by atoms with E-state index >= 15 is 0 Å². The molecule has 0 saturated carbocycles. The summed E-state index contributed by atoms with van der Waals surface area (Å²) in [6.07, 6.45) is 1.12. The Hall–Kier alpha value is -2.42. The maximum atomic E-state index is 11.3. The van der Waals surface area contributed by atoms with Crippen molar-refractivity contribution in [1.82, 2.24) is 15.4 Å². The third-order valence-corrected chi connectivity index (χ3v) is 3.59. The Balaban J connectivity index is 2.08. The fraction of sp³-hybridized carbons (Fsp3) is 0.182. The topological polar surface area (TPSA) is 122 Å². The van der Waals surface area contributed by atoms with E-state index in [2.05, 4.69) is 15.4 Å². The molecule has 0 spiro atoms. The lowest BCUT2D eigenvalue weighted by molar-refractivity contribution is 0.0685. The zero-order valence-corrected chi connectivity index (χ0v) is 11.2. The molecule has 0 saturated heterocycles. The van der Waals surface area contributed by atoms with Crippen LogP contribution in [0.15, 0.2) is 29.2 Å². The highest BCUT2D eigenvalue weighted by molar-refractivity contribution is 7.90. The minimum Gasteiger partial charge on any atom is -0.476 e. The van der Waals surface area contributed by atoms with Crippen LogP contribution in [0.25, 0.3) is 0 Å². The molecule has 0 atom stereocenters. The lowest BCUT2D eigenvalue weighted by Crippen LogP contribution is -2.03. The molecule has 20 heavy (non-hydrogen) atoms. The van der Waals surface area contributed by atoms with E-state index in [0.29, 0.717) is 5.56 Å². The number of rotatable bonds is 5. The van der Waals surface area contributed by atoms with Crippen molar-refractivity contribution >= 4 is 15.8 Å². The van der Waals surface area contributed by atoms with Crippen LogP contribution in [-0.2, 0) is 16.4 Å². The number of carboxylic acids is 1. The summed E-state index contributed by atoms with van der Waals surface area (Å²) in [6.45, 7) is 0.0524. The van der Waals surface area contributed by atoms with Gasteiger partial charge in [0.05, 0.1) is 4.90 Å². The van der Waals surface area contributed by atoms with E-state index in [4.69, 9.17) is 9.84 Å². The maximum Gasteiger partial charge on any atom is 0.359 e. The van der Waals surface area contributed by atoms with Gasteiger partial charge in [-0.05, 0) is 17.7 Å². The first-order chi connectivity index (χ1) is 9.38. The number of ether oxygens (including phenoxy) is 1. The molecule has 106 valence electrons. The molecule has 0 aliphatic carbocycles. The summed E-state index contributed by atoms with van der Waals surface area (Å²) < 4.78 is 27.8. The Labute approximate surface area is 114 Å². The first-order valence-electron chi connectivity index (χ1n) is 5.44. The van der Waals surface area contributed by atoms with E-state index in [9.17, 15) is 13.2 Å². The van der Waals surface area contributed by atoms with E-state index in [1.165, 1.54) is 12.1 Å². The van der Waals surface area contributed by atoms with Crippen LogP contribution in [0.2, 0.25) is 0 Å². The Morgan fingerprint density at radius 3 is 2.55 bits per heavy atom. The van der Waals surface area contributed by atoms with Crippen LogP contribution in [0.1, 0.15) is 16.1 Å². The lowest BCUT2D eigenvalue weighted by Gasteiger charge is -2.04. The van der Waals surface area contributed by atoms with Gasteiger partial charge >= 0.3 is 5.97 Å². The molecule has 9 heteroatoms. The van der Waals surface area contributed by atoms with Gasteiger partial charge in [0.2, 0.25) is 5.69 Å². The summed E-state index contributed by atoms with van der Waals surface area (Å²) in [4.78, 5) is 11.0. The minimum absolute atomic E-state index is 0.0524. The van der Waals surface area contributed by atoms with Crippen LogP contribution in [0.3, 0.4) is 0 Å². The zero-order chi connectivity index (χ0) is 14.8. The average Bonchev–Trinajstić information content (AvgIpc) is 2.84. The van der Waals surface area contributed by atoms with Crippen LogP contribution >= 0.6 is 0 Å². The maximum absolute atomic E-state index is 11.3. The van der Waals surface area contributed by atoms with Crippen molar-refractivity contribution in [2.45, 2.75) is 11.5 Å². The van der Waals surface area contributed by atoms with Gasteiger partial charge < -0.3 is 9.84 Å². The number of carbonyl (C=O) groups is 1. The third kappa shape index (κ3) is 3.12. The number of H-pyrrole nitrogens is 1. The fourth-order valence-electron chi connectivity index (χ4n) is 1.44. The Kier molecular flexibility index (Phi) is 3.70. The quantitative estimate of drug-likeness (QED) is 0.823. The highest BCUT2D eigenvalue weighted by atomic mass is 32.2. The molecule has 0 aliphatic heterocycles. The van der Waals surface area contributed by atoms with E-state index in [0.717, 1.165) is 6.26 Å². The molecule has 1 aromatic carbocycles. The van der Waals surface area contributed by atoms with Crippen molar-refractivity contribution < 1.29 is 23.1 Å². The van der Waals surface area contributed by atoms with Crippen LogP contribution in [0.5, 0.6) is 5.88 Å². The summed E-state index contributed by atoms with van der Waals surface area (Å²) in [6, 6.07) is 6.07. The molecule has 0 unspecified atom stereocenters. The number of carboxylic acid groups (broad SMARTS) is 1. The van der Waals surface area contributed by atoms with Gasteiger partial charge in [-0.3, -0.25) is 0 Å². The molecule has 0 amide bonds. The second kappa shape index (κ2) is 5.29. The Morgan fingerprint density at radius 2 is 2.00 bits per heavy atom. The number of aromatic carboxylic acids is 1. The first-order valence-corrected chi connectivity index (χ1v) is 7.33. The number of aromatic nitrogens is 3. The zero-order valence-electron chi connectivity index (χ0n) is 10.4. The number of aromatic amines is 1. The van der Waals surface area contributed by atoms with Crippen molar-refractivity contribution in [2.24, 2.45) is 0 Å². The van der Waals surface area contributed by atoms with E-state index in [-0.39, 0.29) is 23.1 Å². The smallest absolute Gasteiger partial charge is 0.359 e. The standard InChI is InChI=1S/C11H11N3O5S/c1-20(17,18)8-4-2-7(3-5-8)6-19-10-9(11(15)16)12-14-13-10/h2-5H,6H2,1H3,(H,15,16)(H,12,13,14). The molecule has 1 heterocycles. The number of hydrogen-bond donors (Lipinski definition) is 2. The molecular weight excluding hydrogens is 286 g/mol. The molecule has 0 aliphatic rings. The van der Waals surface area contributed by atoms with E-state index < -0.39 is 15.8 Å². The molecule has 2 N–H and O–H groups in total. The molecule has 2 rings (SSSR count). The second-order valence-electron chi connectivity index (χ2n) is 4.00. The Morgan fingerprint density at radius 1 is 1.35 bits per heavy atom. The van der Waals surface area contributed by atoms with Crippen molar-refractivity contribution in [2.75, 3.05) is 6.26 Å². The summed E-state index contributed by atoms with van der Waals surface area (Å²) in [5.41, 5.74) is 0.439. The van der Waals surface area contributed by atoms with Gasteiger partial charge in [-0.2, -0.15) is 0 Å². The van der Waals surface area contributed by atoms with Crippen LogP contribution in [0.4, 0.5) is 0 Å². The normalized spacial score (nSPS) is 11.2. The fourth-order valence-corrected chi connectivity index (χ4v) is 2.07. The van der Waals surface area contributed by atoms with E-state index in [1.54, 1.807) is 12.1 Å². The van der Waals surface area contributed by atoms with Crippen molar-refractivity contribution in [1.29, 1.82) is 0 Å². The predicted octanol–water partition coefficient (Wildman–Crippen LogP) is 0.485. The van der Waals surface area contributed by atoms with E-state index in [1.807, 2.05) is 0 Å². The third-order valence-electron chi connectivity index (χ3n) is 2.46. The highest BCUT2D eigenvalue weighted by Gasteiger charge is 2.15. The number of sulfone groups is 1. The van der Waals surface area contributed by atoms with Gasteiger partial charge in [0.25, 0.3) is 5.88 Å².